The van der Waals surface area contributed by atoms with Crippen LogP contribution in [0.5, 0.6) is 0 Å². The molecule has 0 aromatic heterocycles. The number of nitrogens with zero attached hydrogens (tertiary/aromatic N) is 3. The lowest BCUT2D eigenvalue weighted by atomic mass is 10.1. The SMILES string of the molecule is CC(C)(C)OC(=O)[N+]1(C(=O)N2CCCN(S(=O)(=O)c3ccc(Br)cc3)CC2)CCCCC1. The van der Waals surface area contributed by atoms with Crippen molar-refractivity contribution >= 4 is 38.1 Å². The summed E-state index contributed by atoms with van der Waals surface area (Å²) in [7, 11) is -3.65. The number of sulfonamides is 1. The highest BCUT2D eigenvalue weighted by Gasteiger charge is 2.51. The van der Waals surface area contributed by atoms with Crippen LogP contribution in [0.25, 0.3) is 0 Å². The summed E-state index contributed by atoms with van der Waals surface area (Å²) < 4.78 is 33.7. The van der Waals surface area contributed by atoms with E-state index in [2.05, 4.69) is 15.9 Å². The zero-order valence-corrected chi connectivity index (χ0v) is 21.5. The number of rotatable bonds is 2. The average molecular weight is 531 g/mol. The van der Waals surface area contributed by atoms with Gasteiger partial charge in [-0.05, 0) is 70.7 Å². The highest BCUT2D eigenvalue weighted by atomic mass is 79.9. The molecule has 2 fully saturated rings. The third-order valence-corrected chi connectivity index (χ3v) is 8.31. The first kappa shape index (κ1) is 25.1. The van der Waals surface area contributed by atoms with Gasteiger partial charge in [-0.3, -0.25) is 4.90 Å². The van der Waals surface area contributed by atoms with Gasteiger partial charge in [-0.2, -0.15) is 9.10 Å². The Balaban J connectivity index is 1.77. The van der Waals surface area contributed by atoms with Crippen molar-refractivity contribution in [3.8, 4) is 0 Å². The second kappa shape index (κ2) is 9.79. The van der Waals surface area contributed by atoms with E-state index in [9.17, 15) is 18.0 Å². The second-order valence-electron chi connectivity index (χ2n) is 9.44. The molecule has 2 aliphatic rings. The molecule has 32 heavy (non-hydrogen) atoms. The maximum atomic E-state index is 13.6. The third-order valence-electron chi connectivity index (χ3n) is 5.87. The molecule has 0 atom stereocenters. The summed E-state index contributed by atoms with van der Waals surface area (Å²) in [6.07, 6.45) is 2.54. The molecule has 3 amide bonds. The number of hydrogen-bond acceptors (Lipinski definition) is 5. The van der Waals surface area contributed by atoms with Crippen LogP contribution >= 0.6 is 15.9 Å². The molecule has 10 heteroatoms. The van der Waals surface area contributed by atoms with Crippen molar-refractivity contribution in [1.82, 2.24) is 9.21 Å². The zero-order chi connectivity index (χ0) is 23.6. The molecule has 0 N–H and O–H groups in total. The first-order valence-corrected chi connectivity index (χ1v) is 13.3. The summed E-state index contributed by atoms with van der Waals surface area (Å²) in [5.74, 6) is 0. The standard InChI is InChI=1S/C22H33BrN3O5S/c1-22(2,3)31-21(28)26(16-5-4-6-17-26)20(27)24-12-7-13-25(15-14-24)32(29,30)19-10-8-18(23)9-11-19/h8-11H,4-7,12-17H2,1-3H3/q+1. The molecular weight excluding hydrogens is 498 g/mol. The normalized spacial score (nSPS) is 20.4. The minimum absolute atomic E-state index is 0.193. The van der Waals surface area contributed by atoms with Crippen molar-refractivity contribution < 1.29 is 27.2 Å². The first-order valence-electron chi connectivity index (χ1n) is 11.1. The van der Waals surface area contributed by atoms with Crippen molar-refractivity contribution in [2.75, 3.05) is 39.3 Å². The van der Waals surface area contributed by atoms with Crippen LogP contribution in [-0.4, -0.2) is 79.1 Å². The van der Waals surface area contributed by atoms with Crippen LogP contribution in [0.3, 0.4) is 0 Å². The smallest absolute Gasteiger partial charge is 0.414 e. The molecule has 2 heterocycles. The number of urea groups is 1. The number of halogens is 1. The fraction of sp³-hybridized carbons (Fsp3) is 0.636. The molecular formula is C22H33BrN3O5S+. The Morgan fingerprint density at radius 2 is 1.56 bits per heavy atom. The van der Waals surface area contributed by atoms with Gasteiger partial charge in [-0.25, -0.2) is 13.2 Å². The average Bonchev–Trinajstić information content (AvgIpc) is 2.99. The summed E-state index contributed by atoms with van der Waals surface area (Å²) >= 11 is 3.32. The molecule has 0 spiro atoms. The Morgan fingerprint density at radius 1 is 0.938 bits per heavy atom. The van der Waals surface area contributed by atoms with Gasteiger partial charge < -0.3 is 4.74 Å². The summed E-state index contributed by atoms with van der Waals surface area (Å²) in [6, 6.07) is 6.27. The third kappa shape index (κ3) is 5.52. The Bertz CT molecular complexity index is 937. The monoisotopic (exact) mass is 530 g/mol. The number of likely N-dealkylation sites (tertiary alicyclic amines) is 1. The lowest BCUT2D eigenvalue weighted by Crippen LogP contribution is -2.65. The molecule has 1 aromatic rings. The van der Waals surface area contributed by atoms with Crippen LogP contribution in [0.4, 0.5) is 9.59 Å². The Morgan fingerprint density at radius 3 is 2.16 bits per heavy atom. The minimum atomic E-state index is -3.65. The number of amides is 3. The number of piperidine rings is 1. The number of carbonyl (C=O) groups is 2. The van der Waals surface area contributed by atoms with E-state index in [4.69, 9.17) is 4.74 Å². The fourth-order valence-electron chi connectivity index (χ4n) is 4.21. The van der Waals surface area contributed by atoms with Gasteiger partial charge in [-0.15, -0.1) is 4.48 Å². The first-order chi connectivity index (χ1) is 15.0. The molecule has 1 aromatic carbocycles. The highest BCUT2D eigenvalue weighted by molar-refractivity contribution is 9.10. The van der Waals surface area contributed by atoms with E-state index in [1.807, 2.05) is 0 Å². The van der Waals surface area contributed by atoms with Gasteiger partial charge in [0.25, 0.3) is 0 Å². The van der Waals surface area contributed by atoms with Gasteiger partial charge in [-0.1, -0.05) is 15.9 Å². The van der Waals surface area contributed by atoms with Crippen LogP contribution in [0, 0.1) is 0 Å². The molecule has 3 rings (SSSR count). The van der Waals surface area contributed by atoms with Crippen LogP contribution in [0.2, 0.25) is 0 Å². The van der Waals surface area contributed by atoms with Gasteiger partial charge in [0.05, 0.1) is 18.0 Å². The maximum Gasteiger partial charge on any atom is 0.525 e. The van der Waals surface area contributed by atoms with Crippen molar-refractivity contribution in [1.29, 1.82) is 0 Å². The summed E-state index contributed by atoms with van der Waals surface area (Å²) in [5, 5.41) is 0. The van der Waals surface area contributed by atoms with Gasteiger partial charge in [0.15, 0.2) is 0 Å². The van der Waals surface area contributed by atoms with E-state index >= 15 is 0 Å². The predicted octanol–water partition coefficient (Wildman–Crippen LogP) is 4.20. The maximum absolute atomic E-state index is 13.6. The lowest BCUT2D eigenvalue weighted by Gasteiger charge is -2.39. The Kier molecular flexibility index (Phi) is 7.69. The quantitative estimate of drug-likeness (QED) is 0.535. The van der Waals surface area contributed by atoms with Crippen molar-refractivity contribution in [3.05, 3.63) is 28.7 Å². The van der Waals surface area contributed by atoms with Gasteiger partial charge >= 0.3 is 12.1 Å². The van der Waals surface area contributed by atoms with Crippen LogP contribution in [0.1, 0.15) is 46.5 Å². The van der Waals surface area contributed by atoms with Crippen molar-refractivity contribution in [2.24, 2.45) is 0 Å². The van der Waals surface area contributed by atoms with Crippen molar-refractivity contribution in [3.63, 3.8) is 0 Å². The van der Waals surface area contributed by atoms with E-state index in [1.165, 1.54) is 4.31 Å². The zero-order valence-electron chi connectivity index (χ0n) is 19.0. The van der Waals surface area contributed by atoms with Crippen LogP contribution in [-0.2, 0) is 14.8 Å². The lowest BCUT2D eigenvalue weighted by molar-refractivity contribution is -0.788. The minimum Gasteiger partial charge on any atom is -0.414 e. The van der Waals surface area contributed by atoms with E-state index in [1.54, 1.807) is 49.9 Å². The largest absolute Gasteiger partial charge is 0.525 e. The Hall–Kier alpha value is -1.49. The van der Waals surface area contributed by atoms with Gasteiger partial charge in [0, 0.05) is 30.7 Å². The highest BCUT2D eigenvalue weighted by Crippen LogP contribution is 2.27. The van der Waals surface area contributed by atoms with E-state index in [0.717, 1.165) is 23.7 Å². The number of benzene rings is 1. The van der Waals surface area contributed by atoms with Gasteiger partial charge in [0.2, 0.25) is 10.0 Å². The van der Waals surface area contributed by atoms with Crippen LogP contribution in [0.15, 0.2) is 33.6 Å². The molecule has 0 aliphatic carbocycles. The number of carbonyl (C=O) groups excluding carboxylic acids is 2. The number of imide groups is 1. The molecule has 0 bridgehead atoms. The summed E-state index contributed by atoms with van der Waals surface area (Å²) in [5.41, 5.74) is -0.686. The summed E-state index contributed by atoms with van der Waals surface area (Å²) in [6.45, 7) is 7.42. The molecule has 2 saturated heterocycles. The fourth-order valence-corrected chi connectivity index (χ4v) is 5.94. The number of ether oxygens (including phenoxy) is 1. The molecule has 178 valence electrons. The van der Waals surface area contributed by atoms with Crippen LogP contribution < -0.4 is 0 Å². The molecule has 0 saturated carbocycles. The van der Waals surface area contributed by atoms with Crippen molar-refractivity contribution in [2.45, 2.75) is 57.0 Å². The summed E-state index contributed by atoms with van der Waals surface area (Å²) in [4.78, 5) is 28.7. The molecule has 0 radical (unpaired) electrons. The molecule has 0 unspecified atom stereocenters. The predicted molar refractivity (Wildman–Crippen MR) is 125 cm³/mol. The van der Waals surface area contributed by atoms with E-state index in [0.29, 0.717) is 32.6 Å². The number of quaternary nitrogens is 1. The second-order valence-corrected chi connectivity index (χ2v) is 12.3. The van der Waals surface area contributed by atoms with E-state index in [-0.39, 0.29) is 28.5 Å². The molecule has 2 aliphatic heterocycles. The molecule has 8 nitrogen and oxygen atoms in total. The topological polar surface area (TPSA) is 84.0 Å². The van der Waals surface area contributed by atoms with Gasteiger partial charge in [0.1, 0.15) is 5.60 Å². The Labute approximate surface area is 199 Å². The number of hydrogen-bond donors (Lipinski definition) is 0. The van der Waals surface area contributed by atoms with E-state index < -0.39 is 21.7 Å².